The molecule has 132 valence electrons. The van der Waals surface area contributed by atoms with Crippen molar-refractivity contribution in [3.63, 3.8) is 0 Å². The molecule has 25 heavy (non-hydrogen) atoms. The quantitative estimate of drug-likeness (QED) is 0.723. The van der Waals surface area contributed by atoms with E-state index < -0.39 is 0 Å². The summed E-state index contributed by atoms with van der Waals surface area (Å²) in [4.78, 5) is 25.9. The maximum absolute atomic E-state index is 12.0. The van der Waals surface area contributed by atoms with E-state index >= 15 is 0 Å². The van der Waals surface area contributed by atoms with Crippen LogP contribution >= 0.6 is 15.9 Å². The molecule has 2 rings (SSSR count). The predicted octanol–water partition coefficient (Wildman–Crippen LogP) is 2.35. The highest BCUT2D eigenvalue weighted by molar-refractivity contribution is 9.10. The average Bonchev–Trinajstić information content (AvgIpc) is 2.60. The number of likely N-dealkylation sites (N-methyl/N-ethyl adjacent to an activating group) is 1. The van der Waals surface area contributed by atoms with E-state index in [1.165, 1.54) is 0 Å². The molecule has 0 atom stereocenters. The van der Waals surface area contributed by atoms with E-state index in [2.05, 4.69) is 26.8 Å². The maximum Gasteiger partial charge on any atom is 0.270 e. The molecule has 0 aliphatic rings. The normalized spacial score (nSPS) is 10.4. The Morgan fingerprint density at radius 2 is 1.88 bits per heavy atom. The Bertz CT molecular complexity index is 752. The average molecular weight is 406 g/mol. The molecule has 0 fully saturated rings. The van der Waals surface area contributed by atoms with Crippen LogP contribution in [-0.4, -0.2) is 37.4 Å². The van der Waals surface area contributed by atoms with Gasteiger partial charge in [0.2, 0.25) is 0 Å². The summed E-state index contributed by atoms with van der Waals surface area (Å²) in [7, 11) is 3.44. The number of rotatable bonds is 6. The molecule has 6 nitrogen and oxygen atoms in total. The number of hydrogen-bond donors (Lipinski definition) is 2. The molecule has 0 spiro atoms. The number of nitrogens with zero attached hydrogens (tertiary/aromatic N) is 1. The second-order valence-corrected chi connectivity index (χ2v) is 6.36. The molecule has 0 aliphatic heterocycles. The molecule has 0 bridgehead atoms. The van der Waals surface area contributed by atoms with Crippen LogP contribution in [0.3, 0.4) is 0 Å². The lowest BCUT2D eigenvalue weighted by Gasteiger charge is -2.17. The van der Waals surface area contributed by atoms with E-state index in [1.54, 1.807) is 25.3 Å². The summed E-state index contributed by atoms with van der Waals surface area (Å²) < 4.78 is 5.85. The topological polar surface area (TPSA) is 70.7 Å². The monoisotopic (exact) mass is 405 g/mol. The highest BCUT2D eigenvalue weighted by Gasteiger charge is 2.12. The van der Waals surface area contributed by atoms with Crippen molar-refractivity contribution in [3.8, 4) is 5.75 Å². The van der Waals surface area contributed by atoms with Crippen molar-refractivity contribution >= 4 is 27.7 Å². The lowest BCUT2D eigenvalue weighted by Crippen LogP contribution is -2.45. The standard InChI is InChI=1S/C18H20BrN3O3/c1-22(11-13-6-5-7-14(10-13)25-2)12-17(23)20-21-18(24)15-8-3-4-9-16(15)19/h3-10H,11-12H2,1-2H3,(H,20,23)(H,21,24). The van der Waals surface area contributed by atoms with E-state index in [4.69, 9.17) is 4.74 Å². The van der Waals surface area contributed by atoms with Crippen LogP contribution in [0.2, 0.25) is 0 Å². The number of benzene rings is 2. The largest absolute Gasteiger partial charge is 0.497 e. The van der Waals surface area contributed by atoms with Gasteiger partial charge in [0.1, 0.15) is 5.75 Å². The Balaban J connectivity index is 1.81. The van der Waals surface area contributed by atoms with Gasteiger partial charge in [-0.25, -0.2) is 0 Å². The van der Waals surface area contributed by atoms with Gasteiger partial charge >= 0.3 is 0 Å². The molecule has 0 unspecified atom stereocenters. The number of nitrogens with one attached hydrogen (secondary N) is 2. The third-order valence-corrected chi connectivity index (χ3v) is 4.13. The van der Waals surface area contributed by atoms with Gasteiger partial charge in [-0.05, 0) is 52.8 Å². The first kappa shape index (κ1) is 19.0. The minimum atomic E-state index is -0.378. The molecular formula is C18H20BrN3O3. The van der Waals surface area contributed by atoms with E-state index in [0.717, 1.165) is 11.3 Å². The number of amides is 2. The number of halogens is 1. The van der Waals surface area contributed by atoms with Gasteiger partial charge < -0.3 is 4.74 Å². The van der Waals surface area contributed by atoms with Crippen molar-refractivity contribution in [2.45, 2.75) is 6.54 Å². The van der Waals surface area contributed by atoms with Crippen LogP contribution in [-0.2, 0) is 11.3 Å². The minimum absolute atomic E-state index is 0.146. The molecule has 0 heterocycles. The highest BCUT2D eigenvalue weighted by Crippen LogP contribution is 2.15. The number of ether oxygens (including phenoxy) is 1. The van der Waals surface area contributed by atoms with E-state index in [9.17, 15) is 9.59 Å². The summed E-state index contributed by atoms with van der Waals surface area (Å²) >= 11 is 3.30. The smallest absolute Gasteiger partial charge is 0.270 e. The summed E-state index contributed by atoms with van der Waals surface area (Å²) in [5, 5.41) is 0. The van der Waals surface area contributed by atoms with Crippen molar-refractivity contribution < 1.29 is 14.3 Å². The summed E-state index contributed by atoms with van der Waals surface area (Å²) in [6, 6.07) is 14.7. The molecule has 2 aromatic carbocycles. The minimum Gasteiger partial charge on any atom is -0.497 e. The number of hydrogen-bond acceptors (Lipinski definition) is 4. The van der Waals surface area contributed by atoms with Gasteiger partial charge in [0.25, 0.3) is 11.8 Å². The van der Waals surface area contributed by atoms with Crippen molar-refractivity contribution in [1.82, 2.24) is 15.8 Å². The molecule has 0 aromatic heterocycles. The van der Waals surface area contributed by atoms with Gasteiger partial charge in [0.15, 0.2) is 0 Å². The fourth-order valence-electron chi connectivity index (χ4n) is 2.26. The summed E-state index contributed by atoms with van der Waals surface area (Å²) in [5.74, 6) is 0.0955. The zero-order valence-corrected chi connectivity index (χ0v) is 15.7. The van der Waals surface area contributed by atoms with Crippen molar-refractivity contribution in [3.05, 3.63) is 64.1 Å². The second kappa shape index (κ2) is 9.19. The molecule has 2 aromatic rings. The Morgan fingerprint density at radius 1 is 1.12 bits per heavy atom. The fourth-order valence-corrected chi connectivity index (χ4v) is 2.73. The maximum atomic E-state index is 12.0. The molecule has 0 saturated heterocycles. The fraction of sp³-hybridized carbons (Fsp3) is 0.222. The molecule has 0 aliphatic carbocycles. The Hall–Kier alpha value is -2.38. The van der Waals surface area contributed by atoms with Crippen molar-refractivity contribution in [2.24, 2.45) is 0 Å². The van der Waals surface area contributed by atoms with E-state index in [0.29, 0.717) is 16.6 Å². The lowest BCUT2D eigenvalue weighted by atomic mass is 10.2. The van der Waals surface area contributed by atoms with Crippen molar-refractivity contribution in [1.29, 1.82) is 0 Å². The lowest BCUT2D eigenvalue weighted by molar-refractivity contribution is -0.122. The Kier molecular flexibility index (Phi) is 6.97. The number of carbonyl (C=O) groups excluding carboxylic acids is 2. The van der Waals surface area contributed by atoms with Gasteiger partial charge in [0, 0.05) is 11.0 Å². The Morgan fingerprint density at radius 3 is 2.60 bits per heavy atom. The first-order valence-corrected chi connectivity index (χ1v) is 8.44. The second-order valence-electron chi connectivity index (χ2n) is 5.51. The van der Waals surface area contributed by atoms with E-state index in [-0.39, 0.29) is 18.4 Å². The van der Waals surface area contributed by atoms with Gasteiger partial charge in [-0.2, -0.15) is 0 Å². The highest BCUT2D eigenvalue weighted by atomic mass is 79.9. The van der Waals surface area contributed by atoms with Gasteiger partial charge in [-0.15, -0.1) is 0 Å². The summed E-state index contributed by atoms with van der Waals surface area (Å²) in [6.45, 7) is 0.732. The van der Waals surface area contributed by atoms with Crippen LogP contribution in [0.1, 0.15) is 15.9 Å². The number of carbonyl (C=O) groups is 2. The molecule has 2 N–H and O–H groups in total. The molecular weight excluding hydrogens is 386 g/mol. The summed E-state index contributed by atoms with van der Waals surface area (Å²) in [6.07, 6.45) is 0. The molecule has 7 heteroatoms. The number of hydrazine groups is 1. The van der Waals surface area contributed by atoms with Crippen LogP contribution in [0.15, 0.2) is 53.0 Å². The number of methoxy groups -OCH3 is 1. The SMILES string of the molecule is COc1cccc(CN(C)CC(=O)NNC(=O)c2ccccc2Br)c1. The van der Waals surface area contributed by atoms with Crippen LogP contribution < -0.4 is 15.6 Å². The molecule has 2 amide bonds. The molecule has 0 saturated carbocycles. The summed E-state index contributed by atoms with van der Waals surface area (Å²) in [5.41, 5.74) is 6.32. The van der Waals surface area contributed by atoms with Gasteiger partial charge in [-0.3, -0.25) is 25.3 Å². The third kappa shape index (κ3) is 5.88. The van der Waals surface area contributed by atoms with Crippen LogP contribution in [0.25, 0.3) is 0 Å². The van der Waals surface area contributed by atoms with Crippen molar-refractivity contribution in [2.75, 3.05) is 20.7 Å². The Labute approximate surface area is 155 Å². The van der Waals surface area contributed by atoms with E-state index in [1.807, 2.05) is 42.3 Å². The zero-order chi connectivity index (χ0) is 18.2. The first-order chi connectivity index (χ1) is 12.0. The van der Waals surface area contributed by atoms with Crippen LogP contribution in [0.5, 0.6) is 5.75 Å². The zero-order valence-electron chi connectivity index (χ0n) is 14.1. The van der Waals surface area contributed by atoms with Gasteiger partial charge in [-0.1, -0.05) is 24.3 Å². The van der Waals surface area contributed by atoms with Gasteiger partial charge in [0.05, 0.1) is 19.2 Å². The van der Waals surface area contributed by atoms with Crippen LogP contribution in [0.4, 0.5) is 0 Å². The van der Waals surface area contributed by atoms with Crippen LogP contribution in [0, 0.1) is 0 Å². The third-order valence-electron chi connectivity index (χ3n) is 3.43. The molecule has 0 radical (unpaired) electrons. The predicted molar refractivity (Wildman–Crippen MR) is 99.1 cm³/mol. The first-order valence-electron chi connectivity index (χ1n) is 7.65.